The van der Waals surface area contributed by atoms with E-state index in [0.717, 1.165) is 24.3 Å². The van der Waals surface area contributed by atoms with Gasteiger partial charge in [-0.25, -0.2) is 0 Å². The van der Waals surface area contributed by atoms with Crippen LogP contribution in [-0.2, 0) is 0 Å². The molecule has 0 spiro atoms. The van der Waals surface area contributed by atoms with Crippen LogP contribution >= 0.6 is 0 Å². The molecule has 2 rings (SSSR count). The molecule has 8 heavy (non-hydrogen) atoms. The summed E-state index contributed by atoms with van der Waals surface area (Å²) < 4.78 is 0. The van der Waals surface area contributed by atoms with Crippen LogP contribution in [0, 0.1) is 17.8 Å². The summed E-state index contributed by atoms with van der Waals surface area (Å²) in [6.07, 6.45) is 4.42. The summed E-state index contributed by atoms with van der Waals surface area (Å²) in [5, 5.41) is 0. The van der Waals surface area contributed by atoms with E-state index in [2.05, 4.69) is 0 Å². The molecule has 3 atom stereocenters. The van der Waals surface area contributed by atoms with Crippen molar-refractivity contribution in [1.29, 1.82) is 0 Å². The molecule has 0 radical (unpaired) electrons. The van der Waals surface area contributed by atoms with Crippen LogP contribution in [0.2, 0.25) is 0 Å². The smallest absolute Gasteiger partial charge is 0.00487 e. The largest absolute Gasteiger partial charge is 0.330 e. The zero-order valence-electron chi connectivity index (χ0n) is 5.14. The molecule has 2 aliphatic carbocycles. The zero-order valence-corrected chi connectivity index (χ0v) is 5.14. The molecule has 0 bridgehead atoms. The van der Waals surface area contributed by atoms with E-state index in [1.807, 2.05) is 0 Å². The van der Waals surface area contributed by atoms with Gasteiger partial charge in [0.25, 0.3) is 0 Å². The molecule has 2 aliphatic rings. The highest BCUT2D eigenvalue weighted by Crippen LogP contribution is 2.53. The lowest BCUT2D eigenvalue weighted by Gasteiger charge is -2.04. The average Bonchev–Trinajstić information content (AvgIpc) is 2.40. The van der Waals surface area contributed by atoms with Gasteiger partial charge in [0.15, 0.2) is 0 Å². The SMILES string of the molecule is NCC1C[C@@H]2C[C@@H]2C1. The van der Waals surface area contributed by atoms with Gasteiger partial charge < -0.3 is 5.73 Å². The second kappa shape index (κ2) is 1.47. The van der Waals surface area contributed by atoms with Crippen molar-refractivity contribution in [2.75, 3.05) is 6.54 Å². The maximum atomic E-state index is 5.52. The first kappa shape index (κ1) is 4.80. The Labute approximate surface area is 50.3 Å². The van der Waals surface area contributed by atoms with Gasteiger partial charge in [0.05, 0.1) is 0 Å². The van der Waals surface area contributed by atoms with Crippen molar-refractivity contribution in [3.8, 4) is 0 Å². The van der Waals surface area contributed by atoms with E-state index in [1.54, 1.807) is 0 Å². The molecular formula is C7H13N. The van der Waals surface area contributed by atoms with E-state index in [1.165, 1.54) is 19.3 Å². The minimum Gasteiger partial charge on any atom is -0.330 e. The van der Waals surface area contributed by atoms with Crippen LogP contribution in [0.1, 0.15) is 19.3 Å². The molecule has 0 aromatic heterocycles. The Bertz CT molecular complexity index is 90.6. The van der Waals surface area contributed by atoms with E-state index in [0.29, 0.717) is 0 Å². The maximum Gasteiger partial charge on any atom is -0.00487 e. The lowest BCUT2D eigenvalue weighted by Crippen LogP contribution is -2.11. The third-order valence-electron chi connectivity index (χ3n) is 2.67. The van der Waals surface area contributed by atoms with Gasteiger partial charge in [-0.1, -0.05) is 0 Å². The van der Waals surface area contributed by atoms with Crippen LogP contribution in [0.25, 0.3) is 0 Å². The summed E-state index contributed by atoms with van der Waals surface area (Å²) in [5.74, 6) is 3.13. The fourth-order valence-corrected chi connectivity index (χ4v) is 2.03. The minimum absolute atomic E-state index is 0.902. The Hall–Kier alpha value is -0.0400. The van der Waals surface area contributed by atoms with Gasteiger partial charge in [-0.2, -0.15) is 0 Å². The number of nitrogens with two attached hydrogens (primary N) is 1. The van der Waals surface area contributed by atoms with Crippen LogP contribution < -0.4 is 5.73 Å². The molecule has 1 heteroatoms. The van der Waals surface area contributed by atoms with Crippen LogP contribution in [0.4, 0.5) is 0 Å². The van der Waals surface area contributed by atoms with Gasteiger partial charge in [-0.3, -0.25) is 0 Å². The molecule has 0 saturated heterocycles. The van der Waals surface area contributed by atoms with Crippen LogP contribution in [0.15, 0.2) is 0 Å². The third kappa shape index (κ3) is 0.576. The fourth-order valence-electron chi connectivity index (χ4n) is 2.03. The molecule has 46 valence electrons. The van der Waals surface area contributed by atoms with Gasteiger partial charge in [-0.15, -0.1) is 0 Å². The van der Waals surface area contributed by atoms with Gasteiger partial charge in [0.1, 0.15) is 0 Å². The lowest BCUT2D eigenvalue weighted by atomic mass is 10.0. The Balaban J connectivity index is 1.89. The second-order valence-electron chi connectivity index (χ2n) is 3.33. The first-order valence-electron chi connectivity index (χ1n) is 3.60. The van der Waals surface area contributed by atoms with E-state index in [-0.39, 0.29) is 0 Å². The number of hydrogen-bond acceptors (Lipinski definition) is 1. The third-order valence-corrected chi connectivity index (χ3v) is 2.67. The van der Waals surface area contributed by atoms with Crippen LogP contribution in [-0.4, -0.2) is 6.54 Å². The Kier molecular flexibility index (Phi) is 0.884. The molecule has 1 nitrogen and oxygen atoms in total. The highest BCUT2D eigenvalue weighted by Gasteiger charge is 2.44. The fraction of sp³-hybridized carbons (Fsp3) is 1.00. The van der Waals surface area contributed by atoms with Gasteiger partial charge in [0, 0.05) is 0 Å². The van der Waals surface area contributed by atoms with Crippen molar-refractivity contribution < 1.29 is 0 Å². The number of fused-ring (bicyclic) bond motifs is 1. The molecule has 0 aromatic rings. The van der Waals surface area contributed by atoms with Crippen molar-refractivity contribution in [2.45, 2.75) is 19.3 Å². The van der Waals surface area contributed by atoms with E-state index in [4.69, 9.17) is 5.73 Å². The first-order chi connectivity index (χ1) is 3.90. The molecule has 0 aromatic carbocycles. The predicted octanol–water partition coefficient (Wildman–Crippen LogP) is 0.991. The molecular weight excluding hydrogens is 98.1 g/mol. The molecule has 0 heterocycles. The van der Waals surface area contributed by atoms with Crippen molar-refractivity contribution in [3.63, 3.8) is 0 Å². The van der Waals surface area contributed by atoms with Crippen molar-refractivity contribution in [2.24, 2.45) is 23.5 Å². The summed E-state index contributed by atoms with van der Waals surface area (Å²) in [6, 6.07) is 0. The molecule has 2 fully saturated rings. The van der Waals surface area contributed by atoms with E-state index < -0.39 is 0 Å². The Morgan fingerprint density at radius 2 is 1.75 bits per heavy atom. The highest BCUT2D eigenvalue weighted by molar-refractivity contribution is 4.95. The standard InChI is InChI=1S/C7H13N/c8-4-5-1-6-3-7(6)2-5/h5-7H,1-4,8H2/t5?,6-,7+. The number of rotatable bonds is 1. The lowest BCUT2D eigenvalue weighted by molar-refractivity contribution is 0.499. The number of hydrogen-bond donors (Lipinski definition) is 1. The topological polar surface area (TPSA) is 26.0 Å². The Morgan fingerprint density at radius 1 is 1.12 bits per heavy atom. The molecule has 2 saturated carbocycles. The van der Waals surface area contributed by atoms with Gasteiger partial charge in [0.2, 0.25) is 0 Å². The van der Waals surface area contributed by atoms with Gasteiger partial charge in [-0.05, 0) is 43.6 Å². The van der Waals surface area contributed by atoms with Crippen LogP contribution in [0.3, 0.4) is 0 Å². The predicted molar refractivity (Wildman–Crippen MR) is 33.4 cm³/mol. The quantitative estimate of drug-likeness (QED) is 0.536. The second-order valence-corrected chi connectivity index (χ2v) is 3.33. The average molecular weight is 111 g/mol. The zero-order chi connectivity index (χ0) is 5.56. The summed E-state index contributed by atoms with van der Waals surface area (Å²) in [5.41, 5.74) is 5.52. The maximum absolute atomic E-state index is 5.52. The monoisotopic (exact) mass is 111 g/mol. The van der Waals surface area contributed by atoms with E-state index >= 15 is 0 Å². The molecule has 0 aliphatic heterocycles. The molecule has 1 unspecified atom stereocenters. The van der Waals surface area contributed by atoms with E-state index in [9.17, 15) is 0 Å². The summed E-state index contributed by atoms with van der Waals surface area (Å²) in [6.45, 7) is 0.938. The Morgan fingerprint density at radius 3 is 2.12 bits per heavy atom. The molecule has 0 amide bonds. The van der Waals surface area contributed by atoms with Crippen molar-refractivity contribution in [1.82, 2.24) is 0 Å². The summed E-state index contributed by atoms with van der Waals surface area (Å²) >= 11 is 0. The van der Waals surface area contributed by atoms with Crippen molar-refractivity contribution >= 4 is 0 Å². The van der Waals surface area contributed by atoms with Crippen LogP contribution in [0.5, 0.6) is 0 Å². The first-order valence-corrected chi connectivity index (χ1v) is 3.60. The molecule has 2 N–H and O–H groups in total. The van der Waals surface area contributed by atoms with Gasteiger partial charge >= 0.3 is 0 Å². The normalized spacial score (nSPS) is 51.4. The summed E-state index contributed by atoms with van der Waals surface area (Å²) in [7, 11) is 0. The van der Waals surface area contributed by atoms with Crippen molar-refractivity contribution in [3.05, 3.63) is 0 Å². The summed E-state index contributed by atoms with van der Waals surface area (Å²) in [4.78, 5) is 0. The highest BCUT2D eigenvalue weighted by atomic mass is 14.6. The minimum atomic E-state index is 0.902.